The van der Waals surface area contributed by atoms with E-state index in [4.69, 9.17) is 0 Å². The van der Waals surface area contributed by atoms with E-state index < -0.39 is 0 Å². The van der Waals surface area contributed by atoms with E-state index in [1.165, 1.54) is 27.5 Å². The van der Waals surface area contributed by atoms with Gasteiger partial charge in [-0.3, -0.25) is 9.80 Å². The molecule has 0 unspecified atom stereocenters. The largest absolute Gasteiger partial charge is 0.492 e. The second-order valence-corrected chi connectivity index (χ2v) is 9.13. The lowest BCUT2D eigenvalue weighted by Gasteiger charge is -2.39. The van der Waals surface area contributed by atoms with Gasteiger partial charge in [-0.25, -0.2) is 9.37 Å². The van der Waals surface area contributed by atoms with Crippen LogP contribution >= 0.6 is 11.3 Å². The van der Waals surface area contributed by atoms with Crippen molar-refractivity contribution < 1.29 is 9.50 Å². The Labute approximate surface area is 190 Å². The van der Waals surface area contributed by atoms with E-state index in [9.17, 15) is 9.50 Å². The van der Waals surface area contributed by atoms with E-state index in [0.29, 0.717) is 17.2 Å². The van der Waals surface area contributed by atoms with Crippen molar-refractivity contribution in [1.29, 1.82) is 0 Å². The van der Waals surface area contributed by atoms with Crippen LogP contribution in [-0.4, -0.2) is 55.7 Å². The Kier molecular flexibility index (Phi) is 5.91. The number of benzene rings is 2. The fourth-order valence-electron chi connectivity index (χ4n) is 4.34. The van der Waals surface area contributed by atoms with Crippen LogP contribution in [0.15, 0.2) is 54.6 Å². The number of thiazole rings is 1. The van der Waals surface area contributed by atoms with Crippen LogP contribution < -0.4 is 0 Å². The van der Waals surface area contributed by atoms with Gasteiger partial charge in [0, 0.05) is 39.1 Å². The summed E-state index contributed by atoms with van der Waals surface area (Å²) in [6.45, 7) is 6.36. The molecule has 1 saturated heterocycles. The number of rotatable bonds is 6. The molecule has 1 aliphatic rings. The molecular weight excluding hydrogens is 425 g/mol. The number of piperazine rings is 1. The first kappa shape index (κ1) is 21.1. The number of nitrogens with zero attached hydrogens (tertiary/aromatic N) is 5. The standard InChI is InChI=1S/C24H26FN5OS/c1-2-20-26-24-30(27-20)23(31)22(32-24)21(18-9-6-10-19(25)15-18)29-13-11-28(12-14-29)16-17-7-4-3-5-8-17/h3-10,15,21,31H,2,11-14,16H2,1H3/t21-/m0/s1. The molecule has 4 aromatic rings. The predicted molar refractivity (Wildman–Crippen MR) is 123 cm³/mol. The van der Waals surface area contributed by atoms with Gasteiger partial charge in [0.1, 0.15) is 5.82 Å². The molecular formula is C24H26FN5OS. The molecule has 0 aliphatic carbocycles. The van der Waals surface area contributed by atoms with Gasteiger partial charge >= 0.3 is 0 Å². The number of aromatic nitrogens is 3. The Hall–Kier alpha value is -2.81. The molecule has 2 aromatic carbocycles. The van der Waals surface area contributed by atoms with Crippen LogP contribution in [0.5, 0.6) is 5.88 Å². The summed E-state index contributed by atoms with van der Waals surface area (Å²) in [5.41, 5.74) is 2.13. The lowest BCUT2D eigenvalue weighted by molar-refractivity contribution is 0.105. The van der Waals surface area contributed by atoms with Crippen molar-refractivity contribution in [2.24, 2.45) is 0 Å². The minimum atomic E-state index is -0.276. The Morgan fingerprint density at radius 1 is 1.06 bits per heavy atom. The molecule has 0 spiro atoms. The highest BCUT2D eigenvalue weighted by Crippen LogP contribution is 2.40. The minimum Gasteiger partial charge on any atom is -0.492 e. The van der Waals surface area contributed by atoms with E-state index in [-0.39, 0.29) is 17.7 Å². The summed E-state index contributed by atoms with van der Waals surface area (Å²) < 4.78 is 15.7. The predicted octanol–water partition coefficient (Wildman–Crippen LogP) is 4.11. The fourth-order valence-corrected chi connectivity index (χ4v) is 5.48. The number of aromatic hydroxyl groups is 1. The summed E-state index contributed by atoms with van der Waals surface area (Å²) >= 11 is 1.43. The van der Waals surface area contributed by atoms with Gasteiger partial charge in [0.15, 0.2) is 5.82 Å². The number of hydrogen-bond donors (Lipinski definition) is 1. The average Bonchev–Trinajstić information content (AvgIpc) is 3.35. The SMILES string of the molecule is CCc1nc2sc([C@H](c3cccc(F)c3)N3CCN(Cc4ccccc4)CC3)c(O)n2n1. The van der Waals surface area contributed by atoms with Crippen molar-refractivity contribution in [1.82, 2.24) is 24.4 Å². The van der Waals surface area contributed by atoms with Crippen molar-refractivity contribution >= 4 is 16.3 Å². The summed E-state index contributed by atoms with van der Waals surface area (Å²) in [4.78, 5) is 10.7. The van der Waals surface area contributed by atoms with Gasteiger partial charge in [-0.15, -0.1) is 5.10 Å². The second kappa shape index (κ2) is 8.97. The van der Waals surface area contributed by atoms with Gasteiger partial charge in [0.05, 0.1) is 10.9 Å². The molecule has 1 fully saturated rings. The number of fused-ring (bicyclic) bond motifs is 1. The van der Waals surface area contributed by atoms with Crippen LogP contribution in [0.3, 0.4) is 0 Å². The van der Waals surface area contributed by atoms with Crippen molar-refractivity contribution in [3.63, 3.8) is 0 Å². The van der Waals surface area contributed by atoms with E-state index in [1.54, 1.807) is 12.1 Å². The molecule has 0 amide bonds. The lowest BCUT2D eigenvalue weighted by Crippen LogP contribution is -2.47. The molecule has 6 nitrogen and oxygen atoms in total. The summed E-state index contributed by atoms with van der Waals surface area (Å²) in [6, 6.07) is 16.9. The van der Waals surface area contributed by atoms with Crippen LogP contribution in [-0.2, 0) is 13.0 Å². The Bertz CT molecular complexity index is 1200. The summed E-state index contributed by atoms with van der Waals surface area (Å²) in [7, 11) is 0. The highest BCUT2D eigenvalue weighted by molar-refractivity contribution is 7.17. The van der Waals surface area contributed by atoms with Crippen LogP contribution in [0.25, 0.3) is 4.96 Å². The monoisotopic (exact) mass is 451 g/mol. The molecule has 1 aliphatic heterocycles. The van der Waals surface area contributed by atoms with Crippen LogP contribution in [0.4, 0.5) is 4.39 Å². The van der Waals surface area contributed by atoms with E-state index >= 15 is 0 Å². The first-order valence-corrected chi connectivity index (χ1v) is 11.8. The number of hydrogen-bond acceptors (Lipinski definition) is 6. The van der Waals surface area contributed by atoms with E-state index in [2.05, 4.69) is 44.1 Å². The third kappa shape index (κ3) is 4.13. The molecule has 32 heavy (non-hydrogen) atoms. The van der Waals surface area contributed by atoms with E-state index in [1.807, 2.05) is 19.1 Å². The maximum atomic E-state index is 14.1. The fraction of sp³-hybridized carbons (Fsp3) is 0.333. The second-order valence-electron chi connectivity index (χ2n) is 8.12. The van der Waals surface area contributed by atoms with Gasteiger partial charge in [0.25, 0.3) is 0 Å². The topological polar surface area (TPSA) is 56.9 Å². The van der Waals surface area contributed by atoms with Gasteiger partial charge in [0.2, 0.25) is 10.8 Å². The molecule has 0 saturated carbocycles. The summed E-state index contributed by atoms with van der Waals surface area (Å²) in [5.74, 6) is 0.524. The molecule has 166 valence electrons. The van der Waals surface area contributed by atoms with Crippen LogP contribution in [0, 0.1) is 5.82 Å². The molecule has 8 heteroatoms. The van der Waals surface area contributed by atoms with Gasteiger partial charge in [-0.2, -0.15) is 4.52 Å². The lowest BCUT2D eigenvalue weighted by atomic mass is 10.0. The number of halogens is 1. The zero-order chi connectivity index (χ0) is 22.1. The Morgan fingerprint density at radius 2 is 1.84 bits per heavy atom. The molecule has 1 atom stereocenters. The Morgan fingerprint density at radius 3 is 2.53 bits per heavy atom. The average molecular weight is 452 g/mol. The van der Waals surface area contributed by atoms with Gasteiger partial charge < -0.3 is 5.11 Å². The minimum absolute atomic E-state index is 0.0955. The first-order chi connectivity index (χ1) is 15.6. The van der Waals surface area contributed by atoms with Crippen molar-refractivity contribution in [2.75, 3.05) is 26.2 Å². The van der Waals surface area contributed by atoms with E-state index in [0.717, 1.165) is 43.2 Å². The molecule has 0 radical (unpaired) electrons. The first-order valence-electron chi connectivity index (χ1n) is 11.0. The number of aryl methyl sites for hydroxylation is 1. The summed E-state index contributed by atoms with van der Waals surface area (Å²) in [5, 5.41) is 15.4. The van der Waals surface area contributed by atoms with Crippen LogP contribution in [0.2, 0.25) is 0 Å². The smallest absolute Gasteiger partial charge is 0.230 e. The van der Waals surface area contributed by atoms with Crippen LogP contribution in [0.1, 0.15) is 34.8 Å². The normalized spacial score (nSPS) is 16.6. The Balaban J connectivity index is 1.43. The highest BCUT2D eigenvalue weighted by atomic mass is 32.1. The third-order valence-electron chi connectivity index (χ3n) is 5.99. The zero-order valence-electron chi connectivity index (χ0n) is 18.0. The molecule has 5 rings (SSSR count). The molecule has 2 aromatic heterocycles. The maximum Gasteiger partial charge on any atom is 0.230 e. The van der Waals surface area contributed by atoms with Gasteiger partial charge in [-0.1, -0.05) is 60.7 Å². The zero-order valence-corrected chi connectivity index (χ0v) is 18.8. The molecule has 1 N–H and O–H groups in total. The molecule has 0 bridgehead atoms. The summed E-state index contributed by atoms with van der Waals surface area (Å²) in [6.07, 6.45) is 0.708. The molecule has 3 heterocycles. The van der Waals surface area contributed by atoms with Crippen molar-refractivity contribution in [2.45, 2.75) is 25.9 Å². The third-order valence-corrected chi connectivity index (χ3v) is 7.07. The quantitative estimate of drug-likeness (QED) is 0.478. The maximum absolute atomic E-state index is 14.1. The van der Waals surface area contributed by atoms with Crippen molar-refractivity contribution in [3.8, 4) is 5.88 Å². The van der Waals surface area contributed by atoms with Gasteiger partial charge in [-0.05, 0) is 23.3 Å². The van der Waals surface area contributed by atoms with Crippen molar-refractivity contribution in [3.05, 3.63) is 82.2 Å². The highest BCUT2D eigenvalue weighted by Gasteiger charge is 2.32.